The smallest absolute Gasteiger partial charge is 0.213 e. The van der Waals surface area contributed by atoms with E-state index in [2.05, 4.69) is 15.3 Å². The Morgan fingerprint density at radius 1 is 1.58 bits per heavy atom. The summed E-state index contributed by atoms with van der Waals surface area (Å²) < 4.78 is 5.33. The van der Waals surface area contributed by atoms with Crippen LogP contribution in [0, 0.1) is 0 Å². The van der Waals surface area contributed by atoms with Gasteiger partial charge in [-0.25, -0.2) is 9.98 Å². The van der Waals surface area contributed by atoms with Gasteiger partial charge in [-0.3, -0.25) is 4.79 Å². The fraction of sp³-hybridized carbons (Fsp3) is 0.500. The van der Waals surface area contributed by atoms with E-state index in [0.717, 1.165) is 0 Å². The molecule has 3 aliphatic rings. The maximum Gasteiger partial charge on any atom is 0.213 e. The van der Waals surface area contributed by atoms with Crippen molar-refractivity contribution in [2.75, 3.05) is 6.61 Å². The summed E-state index contributed by atoms with van der Waals surface area (Å²) in [5, 5.41) is 21.4. The molecule has 0 aromatic heterocycles. The molecule has 0 saturated carbocycles. The second-order valence-corrected chi connectivity index (χ2v) is 4.34. The average Bonchev–Trinajstić information content (AvgIpc) is 2.94. The van der Waals surface area contributed by atoms with E-state index in [1.54, 1.807) is 0 Å². The number of nitrogens with one attached hydrogen (secondary N) is 1. The van der Waals surface area contributed by atoms with Crippen LogP contribution in [0.2, 0.25) is 0 Å². The standard InChI is InChI=1S/C10H13N5O4/c11-8-5-9(13-2-12-8)15(3-14-5)10-7(18)6(17)4(1-16)19-10/h2-4,6,9-10,16-17H,1,11H2,(H,12,13). The first-order valence-corrected chi connectivity index (χ1v) is 5.71. The lowest BCUT2D eigenvalue weighted by molar-refractivity contribution is -0.132. The first-order valence-electron chi connectivity index (χ1n) is 5.71. The molecular formula is C10H13N5O4. The first kappa shape index (κ1) is 12.1. The van der Waals surface area contributed by atoms with Crippen molar-refractivity contribution in [2.45, 2.75) is 24.6 Å². The van der Waals surface area contributed by atoms with Gasteiger partial charge in [0, 0.05) is 0 Å². The van der Waals surface area contributed by atoms with Gasteiger partial charge in [0.2, 0.25) is 5.78 Å². The highest BCUT2D eigenvalue weighted by Crippen LogP contribution is 2.28. The van der Waals surface area contributed by atoms with Crippen LogP contribution in [-0.2, 0) is 9.53 Å². The van der Waals surface area contributed by atoms with Crippen LogP contribution in [0.5, 0.6) is 0 Å². The lowest BCUT2D eigenvalue weighted by Crippen LogP contribution is -2.45. The Bertz CT molecular complexity index is 502. The molecule has 19 heavy (non-hydrogen) atoms. The molecule has 9 heteroatoms. The Kier molecular flexibility index (Phi) is 2.73. The quantitative estimate of drug-likeness (QED) is 0.420. The molecule has 4 unspecified atom stereocenters. The van der Waals surface area contributed by atoms with E-state index in [0.29, 0.717) is 11.5 Å². The fourth-order valence-corrected chi connectivity index (χ4v) is 2.19. The summed E-state index contributed by atoms with van der Waals surface area (Å²) in [7, 11) is 0. The number of aliphatic imine (C=N–C) groups is 2. The lowest BCUT2D eigenvalue weighted by Gasteiger charge is -2.27. The maximum absolute atomic E-state index is 11.9. The molecule has 1 fully saturated rings. The maximum atomic E-state index is 11.9. The van der Waals surface area contributed by atoms with Crippen molar-refractivity contribution in [3.05, 3.63) is 11.5 Å². The van der Waals surface area contributed by atoms with Crippen molar-refractivity contribution in [2.24, 2.45) is 15.7 Å². The van der Waals surface area contributed by atoms with E-state index in [4.69, 9.17) is 15.6 Å². The van der Waals surface area contributed by atoms with E-state index in [1.165, 1.54) is 17.6 Å². The highest BCUT2D eigenvalue weighted by atomic mass is 16.6. The van der Waals surface area contributed by atoms with Crippen molar-refractivity contribution < 1.29 is 19.7 Å². The third kappa shape index (κ3) is 1.70. The Balaban J connectivity index is 1.85. The molecule has 0 radical (unpaired) electrons. The normalized spacial score (nSPS) is 36.9. The summed E-state index contributed by atoms with van der Waals surface area (Å²) in [6, 6.07) is 0. The third-order valence-electron chi connectivity index (χ3n) is 3.21. The van der Waals surface area contributed by atoms with E-state index >= 15 is 0 Å². The largest absolute Gasteiger partial charge is 0.394 e. The van der Waals surface area contributed by atoms with Crippen molar-refractivity contribution >= 4 is 18.5 Å². The SMILES string of the molecule is NC1=C2N=CN(C3OC(CO)C(O)C3=O)C2N=CN1. The second-order valence-electron chi connectivity index (χ2n) is 4.34. The number of nitrogens with zero attached hydrogens (tertiary/aromatic N) is 3. The van der Waals surface area contributed by atoms with Gasteiger partial charge in [-0.2, -0.15) is 0 Å². The summed E-state index contributed by atoms with van der Waals surface area (Å²) in [6.45, 7) is -0.436. The molecule has 0 amide bonds. The Morgan fingerprint density at radius 3 is 3.05 bits per heavy atom. The van der Waals surface area contributed by atoms with Gasteiger partial charge in [0.05, 0.1) is 19.3 Å². The topological polar surface area (TPSA) is 133 Å². The molecule has 1 saturated heterocycles. The molecule has 0 aromatic rings. The number of fused-ring (bicyclic) bond motifs is 1. The summed E-state index contributed by atoms with van der Waals surface area (Å²) in [5.41, 5.74) is 6.20. The number of hydrogen-bond acceptors (Lipinski definition) is 9. The van der Waals surface area contributed by atoms with E-state index < -0.39 is 37.0 Å². The number of aliphatic hydroxyl groups excluding tert-OH is 2. The number of nitrogens with two attached hydrogens (primary N) is 1. The number of rotatable bonds is 2. The molecule has 9 nitrogen and oxygen atoms in total. The van der Waals surface area contributed by atoms with Gasteiger partial charge in [0.25, 0.3) is 0 Å². The second kappa shape index (κ2) is 4.30. The predicted molar refractivity (Wildman–Crippen MR) is 63.7 cm³/mol. The van der Waals surface area contributed by atoms with Crippen LogP contribution in [0.3, 0.4) is 0 Å². The van der Waals surface area contributed by atoms with Gasteiger partial charge < -0.3 is 30.9 Å². The molecule has 4 atom stereocenters. The van der Waals surface area contributed by atoms with Gasteiger partial charge in [-0.1, -0.05) is 0 Å². The van der Waals surface area contributed by atoms with Gasteiger partial charge >= 0.3 is 0 Å². The molecule has 0 aliphatic carbocycles. The predicted octanol–water partition coefficient (Wildman–Crippen LogP) is -2.94. The Labute approximate surface area is 108 Å². The van der Waals surface area contributed by atoms with E-state index in [9.17, 15) is 9.90 Å². The minimum atomic E-state index is -1.35. The number of ketones is 1. The highest BCUT2D eigenvalue weighted by molar-refractivity contribution is 5.91. The van der Waals surface area contributed by atoms with Crippen LogP contribution in [-0.4, -0.2) is 64.8 Å². The van der Waals surface area contributed by atoms with Crippen LogP contribution in [0.25, 0.3) is 0 Å². The highest BCUT2D eigenvalue weighted by Gasteiger charge is 2.48. The Morgan fingerprint density at radius 2 is 2.37 bits per heavy atom. The number of carbonyl (C=O) groups is 1. The number of carbonyl (C=O) groups excluding carboxylic acids is 1. The molecule has 0 spiro atoms. The third-order valence-corrected chi connectivity index (χ3v) is 3.21. The summed E-state index contributed by atoms with van der Waals surface area (Å²) in [6.07, 6.45) is -1.06. The number of ether oxygens (including phenoxy) is 1. The molecule has 3 aliphatic heterocycles. The van der Waals surface area contributed by atoms with Crippen LogP contribution in [0.15, 0.2) is 21.5 Å². The lowest BCUT2D eigenvalue weighted by atomic mass is 10.1. The summed E-state index contributed by atoms with van der Waals surface area (Å²) in [5.74, 6) is -0.178. The molecule has 3 rings (SSSR count). The van der Waals surface area contributed by atoms with Crippen LogP contribution in [0.1, 0.15) is 0 Å². The first-order chi connectivity index (χ1) is 9.13. The molecule has 0 aromatic carbocycles. The number of Topliss-reactive ketones (excluding diaryl/α,β-unsaturated/α-hetero) is 1. The van der Waals surface area contributed by atoms with Crippen LogP contribution in [0.4, 0.5) is 0 Å². The van der Waals surface area contributed by atoms with Crippen molar-refractivity contribution in [1.82, 2.24) is 10.2 Å². The van der Waals surface area contributed by atoms with Gasteiger partial charge in [-0.15, -0.1) is 0 Å². The molecule has 5 N–H and O–H groups in total. The van der Waals surface area contributed by atoms with Crippen molar-refractivity contribution in [1.29, 1.82) is 0 Å². The average molecular weight is 267 g/mol. The summed E-state index contributed by atoms with van der Waals surface area (Å²) >= 11 is 0. The molecule has 102 valence electrons. The number of aliphatic hydroxyl groups is 2. The monoisotopic (exact) mass is 267 g/mol. The van der Waals surface area contributed by atoms with E-state index in [1.807, 2.05) is 0 Å². The van der Waals surface area contributed by atoms with Crippen molar-refractivity contribution in [3.63, 3.8) is 0 Å². The summed E-state index contributed by atoms with van der Waals surface area (Å²) in [4.78, 5) is 21.6. The zero-order valence-electron chi connectivity index (χ0n) is 9.80. The van der Waals surface area contributed by atoms with E-state index in [-0.39, 0.29) is 0 Å². The van der Waals surface area contributed by atoms with Gasteiger partial charge in [0.15, 0.2) is 12.4 Å². The van der Waals surface area contributed by atoms with Gasteiger partial charge in [0.1, 0.15) is 23.7 Å². The zero-order chi connectivity index (χ0) is 13.6. The fourth-order valence-electron chi connectivity index (χ4n) is 2.19. The zero-order valence-corrected chi connectivity index (χ0v) is 9.80. The van der Waals surface area contributed by atoms with Crippen molar-refractivity contribution in [3.8, 4) is 0 Å². The number of hydrogen-bond donors (Lipinski definition) is 4. The van der Waals surface area contributed by atoms with Crippen LogP contribution >= 0.6 is 0 Å². The minimum Gasteiger partial charge on any atom is -0.394 e. The molecule has 3 heterocycles. The van der Waals surface area contributed by atoms with Gasteiger partial charge in [-0.05, 0) is 0 Å². The molecule has 0 bridgehead atoms. The molecular weight excluding hydrogens is 254 g/mol. The Hall–Kier alpha value is -1.97. The van der Waals surface area contributed by atoms with Crippen LogP contribution < -0.4 is 11.1 Å². The minimum absolute atomic E-state index is 0.350.